The highest BCUT2D eigenvalue weighted by Gasteiger charge is 2.16. The topological polar surface area (TPSA) is 71.3 Å². The number of nitrogens with zero attached hydrogens (tertiary/aromatic N) is 3. The molecule has 1 N–H and O–H groups in total. The van der Waals surface area contributed by atoms with Gasteiger partial charge in [-0.3, -0.25) is 10.1 Å². The van der Waals surface area contributed by atoms with Crippen LogP contribution in [-0.2, 0) is 0 Å². The summed E-state index contributed by atoms with van der Waals surface area (Å²) in [5.41, 5.74) is 0.520. The van der Waals surface area contributed by atoms with Gasteiger partial charge in [-0.25, -0.2) is 9.37 Å². The average Bonchev–Trinajstić information content (AvgIpc) is 2.47. The smallest absolute Gasteiger partial charge is 0.276 e. The molecular formula is C14H15FN4O2. The Balaban J connectivity index is 2.51. The van der Waals surface area contributed by atoms with E-state index in [4.69, 9.17) is 0 Å². The quantitative estimate of drug-likeness (QED) is 0.675. The van der Waals surface area contributed by atoms with Crippen LogP contribution < -0.4 is 10.2 Å². The van der Waals surface area contributed by atoms with Crippen molar-refractivity contribution in [2.75, 3.05) is 23.8 Å². The van der Waals surface area contributed by atoms with E-state index in [2.05, 4.69) is 10.3 Å². The standard InChI is InChI=1S/C14H15FN4O2/c1-3-18(11-6-4-5-10(15)7-11)14-9-12(19(20)21)8-13(16-2)17-14/h4-9H,3H2,1-2H3,(H,16,17). The lowest BCUT2D eigenvalue weighted by Gasteiger charge is -2.22. The molecule has 7 heteroatoms. The third-order valence-corrected chi connectivity index (χ3v) is 2.98. The molecule has 0 saturated heterocycles. The Morgan fingerprint density at radius 1 is 1.38 bits per heavy atom. The van der Waals surface area contributed by atoms with E-state index < -0.39 is 4.92 Å². The van der Waals surface area contributed by atoms with Crippen molar-refractivity contribution in [2.45, 2.75) is 6.92 Å². The lowest BCUT2D eigenvalue weighted by molar-refractivity contribution is -0.384. The number of benzene rings is 1. The van der Waals surface area contributed by atoms with E-state index in [0.29, 0.717) is 23.9 Å². The molecule has 110 valence electrons. The molecule has 0 aliphatic heterocycles. The molecule has 0 amide bonds. The number of anilines is 3. The van der Waals surface area contributed by atoms with Crippen LogP contribution in [0.2, 0.25) is 0 Å². The summed E-state index contributed by atoms with van der Waals surface area (Å²) in [6.07, 6.45) is 0. The zero-order chi connectivity index (χ0) is 15.4. The van der Waals surface area contributed by atoms with E-state index in [1.54, 1.807) is 24.1 Å². The SMILES string of the molecule is CCN(c1cccc(F)c1)c1cc([N+](=O)[O-])cc(NC)n1. The second kappa shape index (κ2) is 6.17. The maximum Gasteiger partial charge on any atom is 0.276 e. The van der Waals surface area contributed by atoms with Crippen molar-refractivity contribution in [3.63, 3.8) is 0 Å². The van der Waals surface area contributed by atoms with Crippen LogP contribution in [-0.4, -0.2) is 23.5 Å². The summed E-state index contributed by atoms with van der Waals surface area (Å²) < 4.78 is 13.4. The van der Waals surface area contributed by atoms with Crippen molar-refractivity contribution < 1.29 is 9.31 Å². The van der Waals surface area contributed by atoms with E-state index in [0.717, 1.165) is 0 Å². The van der Waals surface area contributed by atoms with Crippen LogP contribution in [0.1, 0.15) is 6.92 Å². The Hall–Kier alpha value is -2.70. The first-order valence-electron chi connectivity index (χ1n) is 6.42. The Bertz CT molecular complexity index is 663. The predicted molar refractivity (Wildman–Crippen MR) is 79.5 cm³/mol. The van der Waals surface area contributed by atoms with Crippen LogP contribution >= 0.6 is 0 Å². The van der Waals surface area contributed by atoms with Crippen LogP contribution in [0.25, 0.3) is 0 Å². The highest BCUT2D eigenvalue weighted by Crippen LogP contribution is 2.28. The summed E-state index contributed by atoms with van der Waals surface area (Å²) >= 11 is 0. The Labute approximate surface area is 121 Å². The molecule has 0 aliphatic carbocycles. The van der Waals surface area contributed by atoms with Gasteiger partial charge in [-0.2, -0.15) is 0 Å². The van der Waals surface area contributed by atoms with Gasteiger partial charge in [0.05, 0.1) is 17.1 Å². The van der Waals surface area contributed by atoms with Gasteiger partial charge in [0.2, 0.25) is 0 Å². The lowest BCUT2D eigenvalue weighted by atomic mass is 10.2. The van der Waals surface area contributed by atoms with Gasteiger partial charge in [0.1, 0.15) is 17.5 Å². The van der Waals surface area contributed by atoms with Gasteiger partial charge in [-0.1, -0.05) is 6.07 Å². The highest BCUT2D eigenvalue weighted by molar-refractivity contribution is 5.64. The van der Waals surface area contributed by atoms with Crippen molar-refractivity contribution in [3.05, 3.63) is 52.3 Å². The summed E-state index contributed by atoms with van der Waals surface area (Å²) in [6.45, 7) is 2.37. The summed E-state index contributed by atoms with van der Waals surface area (Å²) in [6, 6.07) is 8.74. The molecule has 0 unspecified atom stereocenters. The number of rotatable bonds is 5. The molecule has 0 radical (unpaired) electrons. The average molecular weight is 290 g/mol. The molecule has 1 aromatic heterocycles. The zero-order valence-electron chi connectivity index (χ0n) is 11.7. The molecule has 0 aliphatic rings. The van der Waals surface area contributed by atoms with Crippen molar-refractivity contribution in [1.29, 1.82) is 0 Å². The van der Waals surface area contributed by atoms with Gasteiger partial charge in [-0.15, -0.1) is 0 Å². The molecule has 0 saturated carbocycles. The van der Waals surface area contributed by atoms with Gasteiger partial charge in [0.25, 0.3) is 5.69 Å². The van der Waals surface area contributed by atoms with Crippen molar-refractivity contribution in [2.24, 2.45) is 0 Å². The van der Waals surface area contributed by atoms with Crippen LogP contribution in [0, 0.1) is 15.9 Å². The maximum absolute atomic E-state index is 13.4. The molecule has 6 nitrogen and oxygen atoms in total. The number of aromatic nitrogens is 1. The molecule has 2 aromatic rings. The highest BCUT2D eigenvalue weighted by atomic mass is 19.1. The molecule has 0 spiro atoms. The maximum atomic E-state index is 13.4. The Kier molecular flexibility index (Phi) is 4.32. The number of halogens is 1. The van der Waals surface area contributed by atoms with Crippen molar-refractivity contribution >= 4 is 23.0 Å². The van der Waals surface area contributed by atoms with Crippen LogP contribution in [0.5, 0.6) is 0 Å². The van der Waals surface area contributed by atoms with Crippen molar-refractivity contribution in [3.8, 4) is 0 Å². The van der Waals surface area contributed by atoms with Gasteiger partial charge in [-0.05, 0) is 25.1 Å². The molecule has 1 heterocycles. The number of nitrogens with one attached hydrogen (secondary N) is 1. The summed E-state index contributed by atoms with van der Waals surface area (Å²) in [7, 11) is 1.63. The molecule has 21 heavy (non-hydrogen) atoms. The first-order chi connectivity index (χ1) is 10.0. The van der Waals surface area contributed by atoms with Gasteiger partial charge >= 0.3 is 0 Å². The van der Waals surface area contributed by atoms with Crippen molar-refractivity contribution in [1.82, 2.24) is 4.98 Å². The third kappa shape index (κ3) is 3.25. The van der Waals surface area contributed by atoms with E-state index in [1.165, 1.54) is 24.3 Å². The molecular weight excluding hydrogens is 275 g/mol. The number of nitro groups is 1. The number of pyridine rings is 1. The van der Waals surface area contributed by atoms with Gasteiger partial charge in [0, 0.05) is 19.3 Å². The van der Waals surface area contributed by atoms with E-state index in [9.17, 15) is 14.5 Å². The first kappa shape index (κ1) is 14.7. The fourth-order valence-corrected chi connectivity index (χ4v) is 1.99. The second-order valence-electron chi connectivity index (χ2n) is 4.30. The number of hydrogen-bond acceptors (Lipinski definition) is 5. The third-order valence-electron chi connectivity index (χ3n) is 2.98. The summed E-state index contributed by atoms with van der Waals surface area (Å²) in [5.74, 6) is 0.404. The minimum absolute atomic E-state index is 0.0702. The van der Waals surface area contributed by atoms with Crippen LogP contribution in [0.15, 0.2) is 36.4 Å². The van der Waals surface area contributed by atoms with E-state index in [-0.39, 0.29) is 11.5 Å². The minimum atomic E-state index is -0.481. The van der Waals surface area contributed by atoms with E-state index in [1.807, 2.05) is 6.92 Å². The van der Waals surface area contributed by atoms with E-state index >= 15 is 0 Å². The Morgan fingerprint density at radius 2 is 2.14 bits per heavy atom. The molecule has 0 bridgehead atoms. The van der Waals surface area contributed by atoms with Gasteiger partial charge in [0.15, 0.2) is 0 Å². The predicted octanol–water partition coefficient (Wildman–Crippen LogP) is 3.33. The normalized spacial score (nSPS) is 10.2. The summed E-state index contributed by atoms with van der Waals surface area (Å²) in [4.78, 5) is 16.5. The zero-order valence-corrected chi connectivity index (χ0v) is 11.7. The fraction of sp³-hybridized carbons (Fsp3) is 0.214. The second-order valence-corrected chi connectivity index (χ2v) is 4.30. The lowest BCUT2D eigenvalue weighted by Crippen LogP contribution is -2.18. The first-order valence-corrected chi connectivity index (χ1v) is 6.42. The molecule has 1 aromatic carbocycles. The Morgan fingerprint density at radius 3 is 2.71 bits per heavy atom. The largest absolute Gasteiger partial charge is 0.373 e. The summed E-state index contributed by atoms with van der Waals surface area (Å²) in [5, 5.41) is 13.8. The molecule has 0 atom stereocenters. The monoisotopic (exact) mass is 290 g/mol. The minimum Gasteiger partial charge on any atom is -0.373 e. The molecule has 0 fully saturated rings. The fourth-order valence-electron chi connectivity index (χ4n) is 1.99. The van der Waals surface area contributed by atoms with Crippen LogP contribution in [0.4, 0.5) is 27.4 Å². The molecule has 2 rings (SSSR count). The van der Waals surface area contributed by atoms with Crippen LogP contribution in [0.3, 0.4) is 0 Å². The van der Waals surface area contributed by atoms with Gasteiger partial charge < -0.3 is 10.2 Å². The number of hydrogen-bond donors (Lipinski definition) is 1.